The minimum Gasteiger partial charge on any atom is -0.0622 e. The molecule has 45 heavy (non-hydrogen) atoms. The van der Waals surface area contributed by atoms with Crippen LogP contribution in [-0.2, 0) is 5.41 Å². The summed E-state index contributed by atoms with van der Waals surface area (Å²) in [6.45, 7) is 4.73. The Hall–Kier alpha value is -5.46. The van der Waals surface area contributed by atoms with E-state index in [0.717, 1.165) is 0 Å². The van der Waals surface area contributed by atoms with Crippen LogP contribution < -0.4 is 0 Å². The van der Waals surface area contributed by atoms with Gasteiger partial charge in [0.05, 0.1) is 0 Å². The highest BCUT2D eigenvalue weighted by Crippen LogP contribution is 2.55. The minimum atomic E-state index is -0.0545. The molecule has 0 heterocycles. The predicted molar refractivity (Wildman–Crippen MR) is 193 cm³/mol. The van der Waals surface area contributed by atoms with Crippen molar-refractivity contribution in [1.82, 2.24) is 0 Å². The van der Waals surface area contributed by atoms with Crippen LogP contribution in [0, 0.1) is 0 Å². The van der Waals surface area contributed by atoms with Gasteiger partial charge in [0, 0.05) is 5.41 Å². The normalized spacial score (nSPS) is 13.3. The Balaban J connectivity index is 1.46. The van der Waals surface area contributed by atoms with Gasteiger partial charge in [-0.15, -0.1) is 0 Å². The minimum absolute atomic E-state index is 0.0545. The van der Waals surface area contributed by atoms with Crippen LogP contribution in [0.5, 0.6) is 0 Å². The lowest BCUT2D eigenvalue weighted by Crippen LogP contribution is -2.14. The van der Waals surface area contributed by atoms with Gasteiger partial charge in [-0.3, -0.25) is 0 Å². The summed E-state index contributed by atoms with van der Waals surface area (Å²) < 4.78 is 0. The first-order valence-electron chi connectivity index (χ1n) is 15.9. The van der Waals surface area contributed by atoms with Gasteiger partial charge < -0.3 is 0 Å². The highest BCUT2D eigenvalue weighted by molar-refractivity contribution is 6.26. The summed E-state index contributed by atoms with van der Waals surface area (Å²) in [6, 6.07) is 58.3. The van der Waals surface area contributed by atoms with Crippen molar-refractivity contribution in [1.29, 1.82) is 0 Å². The zero-order chi connectivity index (χ0) is 30.1. The number of rotatable bonds is 3. The fourth-order valence-corrected chi connectivity index (χ4v) is 8.05. The second-order valence-electron chi connectivity index (χ2n) is 12.8. The molecule has 9 rings (SSSR count). The van der Waals surface area contributed by atoms with E-state index in [0.29, 0.717) is 0 Å². The summed E-state index contributed by atoms with van der Waals surface area (Å²) in [5.41, 5.74) is 13.2. The number of benzene rings is 8. The van der Waals surface area contributed by atoms with E-state index in [1.807, 2.05) is 0 Å². The summed E-state index contributed by atoms with van der Waals surface area (Å²) in [5.74, 6) is 0. The second kappa shape index (κ2) is 9.78. The van der Waals surface area contributed by atoms with Gasteiger partial charge in [0.2, 0.25) is 0 Å². The lowest BCUT2D eigenvalue weighted by molar-refractivity contribution is 0.660. The first-order chi connectivity index (χ1) is 22.1. The van der Waals surface area contributed by atoms with E-state index in [9.17, 15) is 0 Å². The Labute approximate surface area is 264 Å². The molecular formula is C45H32. The van der Waals surface area contributed by atoms with Crippen molar-refractivity contribution in [3.8, 4) is 44.5 Å². The molecular weight excluding hydrogens is 540 g/mol. The molecule has 0 saturated heterocycles. The molecule has 0 atom stereocenters. The summed E-state index contributed by atoms with van der Waals surface area (Å²) in [5, 5.41) is 7.66. The molecule has 0 spiro atoms. The molecule has 0 aliphatic heterocycles. The van der Waals surface area contributed by atoms with Gasteiger partial charge in [-0.2, -0.15) is 0 Å². The molecule has 0 unspecified atom stereocenters. The predicted octanol–water partition coefficient (Wildman–Crippen LogP) is 12.5. The van der Waals surface area contributed by atoms with Gasteiger partial charge in [-0.1, -0.05) is 172 Å². The summed E-state index contributed by atoms with van der Waals surface area (Å²) in [4.78, 5) is 0. The van der Waals surface area contributed by atoms with Gasteiger partial charge in [-0.25, -0.2) is 0 Å². The van der Waals surface area contributed by atoms with E-state index in [2.05, 4.69) is 172 Å². The lowest BCUT2D eigenvalue weighted by Gasteiger charge is -2.23. The van der Waals surface area contributed by atoms with Crippen molar-refractivity contribution in [3.63, 3.8) is 0 Å². The van der Waals surface area contributed by atoms with Crippen molar-refractivity contribution in [2.45, 2.75) is 19.3 Å². The largest absolute Gasteiger partial charge is 0.0622 e. The maximum absolute atomic E-state index is 2.37. The van der Waals surface area contributed by atoms with Crippen LogP contribution in [0.4, 0.5) is 0 Å². The monoisotopic (exact) mass is 572 g/mol. The Morgan fingerprint density at radius 2 is 0.844 bits per heavy atom. The number of hydrogen-bond donors (Lipinski definition) is 0. The summed E-state index contributed by atoms with van der Waals surface area (Å²) in [7, 11) is 0. The topological polar surface area (TPSA) is 0 Å². The maximum Gasteiger partial charge on any atom is 0.0159 e. The van der Waals surface area contributed by atoms with E-state index in [4.69, 9.17) is 0 Å². The molecule has 8 aromatic rings. The van der Waals surface area contributed by atoms with E-state index >= 15 is 0 Å². The molecule has 212 valence electrons. The molecule has 0 aromatic heterocycles. The fraction of sp³-hybridized carbons (Fsp3) is 0.0667. The van der Waals surface area contributed by atoms with Crippen molar-refractivity contribution in [2.75, 3.05) is 0 Å². The van der Waals surface area contributed by atoms with Crippen molar-refractivity contribution >= 4 is 32.3 Å². The SMILES string of the molecule is CC1(C)c2ccccc2-c2c(-c3c4ccccc4c(-c4c(-c5ccccc5)ccc5ccccc45)c4ccccc34)cccc21. The fourth-order valence-electron chi connectivity index (χ4n) is 8.05. The number of hydrogen-bond acceptors (Lipinski definition) is 0. The molecule has 0 nitrogen and oxygen atoms in total. The third-order valence-electron chi connectivity index (χ3n) is 10.1. The Kier molecular flexibility index (Phi) is 5.64. The molecule has 1 aliphatic carbocycles. The van der Waals surface area contributed by atoms with E-state index in [1.165, 1.54) is 88.0 Å². The summed E-state index contributed by atoms with van der Waals surface area (Å²) >= 11 is 0. The number of fused-ring (bicyclic) bond motifs is 6. The second-order valence-corrected chi connectivity index (χ2v) is 12.8. The third-order valence-corrected chi connectivity index (χ3v) is 10.1. The van der Waals surface area contributed by atoms with Crippen molar-refractivity contribution in [2.24, 2.45) is 0 Å². The van der Waals surface area contributed by atoms with Crippen LogP contribution >= 0.6 is 0 Å². The molecule has 1 aliphatic rings. The van der Waals surface area contributed by atoms with Crippen LogP contribution in [0.3, 0.4) is 0 Å². The molecule has 8 aromatic carbocycles. The van der Waals surface area contributed by atoms with Crippen molar-refractivity contribution < 1.29 is 0 Å². The highest BCUT2D eigenvalue weighted by atomic mass is 14.4. The first kappa shape index (κ1) is 26.0. The van der Waals surface area contributed by atoms with E-state index in [-0.39, 0.29) is 5.41 Å². The van der Waals surface area contributed by atoms with Gasteiger partial charge in [0.25, 0.3) is 0 Å². The molecule has 0 heteroatoms. The van der Waals surface area contributed by atoms with E-state index in [1.54, 1.807) is 0 Å². The Morgan fingerprint density at radius 1 is 0.311 bits per heavy atom. The Morgan fingerprint density at radius 3 is 1.56 bits per heavy atom. The van der Waals surface area contributed by atoms with E-state index < -0.39 is 0 Å². The average Bonchev–Trinajstić information content (AvgIpc) is 3.33. The molecule has 0 fully saturated rings. The Bertz CT molecular complexity index is 2390. The first-order valence-corrected chi connectivity index (χ1v) is 15.9. The molecule has 0 radical (unpaired) electrons. The molecule has 0 N–H and O–H groups in total. The molecule has 0 saturated carbocycles. The zero-order valence-electron chi connectivity index (χ0n) is 25.5. The van der Waals surface area contributed by atoms with Crippen LogP contribution in [0.15, 0.2) is 158 Å². The summed E-state index contributed by atoms with van der Waals surface area (Å²) in [6.07, 6.45) is 0. The average molecular weight is 573 g/mol. The van der Waals surface area contributed by atoms with Gasteiger partial charge in [0.15, 0.2) is 0 Å². The smallest absolute Gasteiger partial charge is 0.0159 e. The third kappa shape index (κ3) is 3.72. The quantitative estimate of drug-likeness (QED) is 0.185. The van der Waals surface area contributed by atoms with Crippen molar-refractivity contribution in [3.05, 3.63) is 169 Å². The van der Waals surface area contributed by atoms with Gasteiger partial charge in [-0.05, 0) is 88.0 Å². The molecule has 0 amide bonds. The highest BCUT2D eigenvalue weighted by Gasteiger charge is 2.37. The van der Waals surface area contributed by atoms with Crippen LogP contribution in [-0.4, -0.2) is 0 Å². The van der Waals surface area contributed by atoms with Crippen LogP contribution in [0.2, 0.25) is 0 Å². The van der Waals surface area contributed by atoms with Gasteiger partial charge >= 0.3 is 0 Å². The van der Waals surface area contributed by atoms with Gasteiger partial charge in [0.1, 0.15) is 0 Å². The zero-order valence-corrected chi connectivity index (χ0v) is 25.5. The van der Waals surface area contributed by atoms with Crippen LogP contribution in [0.1, 0.15) is 25.0 Å². The molecule has 0 bridgehead atoms. The standard InChI is InChI=1S/C45H32/c1-45(2)39-25-13-12-23-37(39)42-38(24-14-26-40(42)45)41-33-19-8-10-21-35(33)44(36-22-11-9-20-34(36)41)43-31-18-7-6-17-30(31)27-28-32(43)29-15-4-3-5-16-29/h3-28H,1-2H3. The lowest BCUT2D eigenvalue weighted by atomic mass is 9.79. The van der Waals surface area contributed by atoms with Crippen LogP contribution in [0.25, 0.3) is 76.8 Å². The maximum atomic E-state index is 2.37.